The minimum absolute atomic E-state index is 0.337. The van der Waals surface area contributed by atoms with Crippen LogP contribution in [0.15, 0.2) is 36.5 Å². The van der Waals surface area contributed by atoms with Crippen LogP contribution in [0.3, 0.4) is 0 Å². The van der Waals surface area contributed by atoms with Crippen molar-refractivity contribution in [3.63, 3.8) is 0 Å². The topological polar surface area (TPSA) is 77.2 Å². The molecule has 0 aliphatic carbocycles. The number of hydrogen-bond donors (Lipinski definition) is 2. The van der Waals surface area contributed by atoms with Crippen molar-refractivity contribution in [2.45, 2.75) is 6.61 Å². The van der Waals surface area contributed by atoms with E-state index >= 15 is 0 Å². The molecule has 0 fully saturated rings. The highest BCUT2D eigenvalue weighted by molar-refractivity contribution is 7.21. The number of hydrogen-bond acceptors (Lipinski definition) is 5. The first-order chi connectivity index (χ1) is 11.1. The molecule has 0 saturated carbocycles. The second-order valence-corrected chi connectivity index (χ2v) is 6.33. The zero-order valence-corrected chi connectivity index (χ0v) is 13.9. The molecule has 5 nitrogen and oxygen atoms in total. The molecule has 1 aromatic carbocycles. The lowest BCUT2D eigenvalue weighted by Crippen LogP contribution is -2.08. The van der Waals surface area contributed by atoms with Gasteiger partial charge in [0.2, 0.25) is 0 Å². The molecule has 118 valence electrons. The number of ether oxygens (including phenoxy) is 1. The number of rotatable bonds is 5. The van der Waals surface area contributed by atoms with E-state index in [2.05, 4.69) is 10.3 Å². The van der Waals surface area contributed by atoms with Gasteiger partial charge in [-0.15, -0.1) is 11.3 Å². The highest BCUT2D eigenvalue weighted by Gasteiger charge is 2.14. The smallest absolute Gasteiger partial charge is 0.258 e. The van der Waals surface area contributed by atoms with Crippen molar-refractivity contribution in [1.82, 2.24) is 4.98 Å². The molecule has 2 aromatic heterocycles. The Kier molecular flexibility index (Phi) is 4.36. The van der Waals surface area contributed by atoms with Crippen LogP contribution in [0.5, 0.6) is 5.75 Å². The summed E-state index contributed by atoms with van der Waals surface area (Å²) in [6, 6.07) is 8.93. The zero-order valence-electron chi connectivity index (χ0n) is 12.3. The Balaban J connectivity index is 1.93. The molecular formula is C16H14ClN3O2S. The molecule has 0 radical (unpaired) electrons. The van der Waals surface area contributed by atoms with Crippen LogP contribution in [-0.2, 0) is 6.61 Å². The molecule has 0 aliphatic heterocycles. The summed E-state index contributed by atoms with van der Waals surface area (Å²) in [5.41, 5.74) is 6.27. The predicted octanol–water partition coefficient (Wildman–Crippen LogP) is 3.67. The standard InChI is InChI=1S/C16H14ClN3O2S/c1-19-16-14-12(6-13(23-14)15(18)21)9(7-20-16)8-22-11-4-2-10(17)3-5-11/h2-7H,8H2,1H3,(H2,18,21)(H,19,20). The molecule has 0 saturated heterocycles. The fraction of sp³-hybridized carbons (Fsp3) is 0.125. The number of nitrogens with one attached hydrogen (secondary N) is 1. The Hall–Kier alpha value is -2.31. The summed E-state index contributed by atoms with van der Waals surface area (Å²) in [5, 5.41) is 4.59. The molecule has 0 bridgehead atoms. The number of benzene rings is 1. The third-order valence-corrected chi connectivity index (χ3v) is 4.74. The molecule has 0 atom stereocenters. The Morgan fingerprint density at radius 1 is 1.39 bits per heavy atom. The number of fused-ring (bicyclic) bond motifs is 1. The number of pyridine rings is 1. The van der Waals surface area contributed by atoms with E-state index in [0.717, 1.165) is 15.6 Å². The third kappa shape index (κ3) is 3.23. The van der Waals surface area contributed by atoms with E-state index in [9.17, 15) is 4.79 Å². The van der Waals surface area contributed by atoms with Crippen LogP contribution in [0.2, 0.25) is 5.02 Å². The highest BCUT2D eigenvalue weighted by atomic mass is 35.5. The molecule has 2 heterocycles. The number of anilines is 1. The molecule has 1 amide bonds. The van der Waals surface area contributed by atoms with Gasteiger partial charge in [-0.25, -0.2) is 4.98 Å². The van der Waals surface area contributed by atoms with Gasteiger partial charge < -0.3 is 15.8 Å². The van der Waals surface area contributed by atoms with E-state index in [-0.39, 0.29) is 0 Å². The first-order valence-corrected chi connectivity index (χ1v) is 8.05. The Morgan fingerprint density at radius 2 is 2.13 bits per heavy atom. The number of nitrogens with two attached hydrogens (primary N) is 1. The van der Waals surface area contributed by atoms with Crippen molar-refractivity contribution in [3.05, 3.63) is 52.0 Å². The van der Waals surface area contributed by atoms with Crippen LogP contribution < -0.4 is 15.8 Å². The molecule has 23 heavy (non-hydrogen) atoms. The van der Waals surface area contributed by atoms with Gasteiger partial charge >= 0.3 is 0 Å². The number of nitrogens with zero attached hydrogens (tertiary/aromatic N) is 1. The maximum Gasteiger partial charge on any atom is 0.258 e. The lowest BCUT2D eigenvalue weighted by molar-refractivity contribution is 0.100. The minimum atomic E-state index is -0.446. The van der Waals surface area contributed by atoms with Gasteiger partial charge in [-0.2, -0.15) is 0 Å². The van der Waals surface area contributed by atoms with Crippen molar-refractivity contribution in [2.24, 2.45) is 5.73 Å². The van der Waals surface area contributed by atoms with Crippen LogP contribution in [-0.4, -0.2) is 17.9 Å². The van der Waals surface area contributed by atoms with E-state index in [1.165, 1.54) is 11.3 Å². The van der Waals surface area contributed by atoms with Crippen LogP contribution >= 0.6 is 22.9 Å². The second kappa shape index (κ2) is 6.44. The largest absolute Gasteiger partial charge is 0.489 e. The summed E-state index contributed by atoms with van der Waals surface area (Å²) in [4.78, 5) is 16.3. The summed E-state index contributed by atoms with van der Waals surface area (Å²) >= 11 is 7.18. The van der Waals surface area contributed by atoms with Crippen molar-refractivity contribution >= 4 is 44.7 Å². The van der Waals surface area contributed by atoms with E-state index < -0.39 is 5.91 Å². The quantitative estimate of drug-likeness (QED) is 0.738. The first-order valence-electron chi connectivity index (χ1n) is 6.86. The Labute approximate surface area is 142 Å². The van der Waals surface area contributed by atoms with Crippen LogP contribution in [0, 0.1) is 0 Å². The summed E-state index contributed by atoms with van der Waals surface area (Å²) < 4.78 is 6.66. The van der Waals surface area contributed by atoms with Gasteiger partial charge in [0, 0.05) is 29.2 Å². The summed E-state index contributed by atoms with van der Waals surface area (Å²) in [5.74, 6) is 0.983. The maximum absolute atomic E-state index is 11.4. The predicted molar refractivity (Wildman–Crippen MR) is 93.5 cm³/mol. The Bertz CT molecular complexity index is 862. The Morgan fingerprint density at radius 3 is 2.78 bits per heavy atom. The number of primary amides is 1. The van der Waals surface area contributed by atoms with Gasteiger partial charge in [0.15, 0.2) is 0 Å². The minimum Gasteiger partial charge on any atom is -0.489 e. The number of amides is 1. The van der Waals surface area contributed by atoms with Crippen LogP contribution in [0.25, 0.3) is 10.1 Å². The fourth-order valence-electron chi connectivity index (χ4n) is 2.18. The van der Waals surface area contributed by atoms with Crippen molar-refractivity contribution in [1.29, 1.82) is 0 Å². The molecular weight excluding hydrogens is 334 g/mol. The lowest BCUT2D eigenvalue weighted by atomic mass is 10.2. The molecule has 0 unspecified atom stereocenters. The van der Waals surface area contributed by atoms with Gasteiger partial charge in [0.05, 0.1) is 9.58 Å². The average Bonchev–Trinajstić information content (AvgIpc) is 3.00. The highest BCUT2D eigenvalue weighted by Crippen LogP contribution is 2.33. The van der Waals surface area contributed by atoms with E-state index in [4.69, 9.17) is 22.1 Å². The van der Waals surface area contributed by atoms with Gasteiger partial charge in [0.25, 0.3) is 5.91 Å². The molecule has 3 aromatic rings. The van der Waals surface area contributed by atoms with Gasteiger partial charge in [0.1, 0.15) is 18.2 Å². The van der Waals surface area contributed by atoms with Gasteiger partial charge in [-0.1, -0.05) is 11.6 Å². The molecule has 0 aliphatic rings. The number of halogens is 1. The number of carbonyl (C=O) groups excluding carboxylic acids is 1. The molecule has 3 rings (SSSR count). The third-order valence-electron chi connectivity index (χ3n) is 3.33. The SMILES string of the molecule is CNc1ncc(COc2ccc(Cl)cc2)c2cc(C(N)=O)sc12. The normalized spacial score (nSPS) is 10.7. The molecule has 3 N–H and O–H groups in total. The average molecular weight is 348 g/mol. The monoisotopic (exact) mass is 347 g/mol. The van der Waals surface area contributed by atoms with Crippen molar-refractivity contribution in [2.75, 3.05) is 12.4 Å². The number of thiophene rings is 1. The van der Waals surface area contributed by atoms with Crippen molar-refractivity contribution < 1.29 is 9.53 Å². The number of aromatic nitrogens is 1. The van der Waals surface area contributed by atoms with E-state index in [1.807, 2.05) is 0 Å². The van der Waals surface area contributed by atoms with Gasteiger partial charge in [-0.05, 0) is 30.3 Å². The zero-order chi connectivity index (χ0) is 16.4. The van der Waals surface area contributed by atoms with Gasteiger partial charge in [-0.3, -0.25) is 4.79 Å². The van der Waals surface area contributed by atoms with E-state index in [0.29, 0.717) is 28.1 Å². The van der Waals surface area contributed by atoms with Crippen LogP contribution in [0.1, 0.15) is 15.2 Å². The number of carbonyl (C=O) groups is 1. The fourth-order valence-corrected chi connectivity index (χ4v) is 3.36. The van der Waals surface area contributed by atoms with E-state index in [1.54, 1.807) is 43.6 Å². The summed E-state index contributed by atoms with van der Waals surface area (Å²) in [6.45, 7) is 0.337. The molecule has 0 spiro atoms. The second-order valence-electron chi connectivity index (χ2n) is 4.84. The van der Waals surface area contributed by atoms with Crippen LogP contribution in [0.4, 0.5) is 5.82 Å². The molecule has 7 heteroatoms. The maximum atomic E-state index is 11.4. The summed E-state index contributed by atoms with van der Waals surface area (Å²) in [6.07, 6.45) is 1.74. The first kappa shape index (κ1) is 15.6. The summed E-state index contributed by atoms with van der Waals surface area (Å²) in [7, 11) is 1.79. The lowest BCUT2D eigenvalue weighted by Gasteiger charge is -2.09. The van der Waals surface area contributed by atoms with Crippen molar-refractivity contribution in [3.8, 4) is 5.75 Å².